The van der Waals surface area contributed by atoms with Crippen molar-refractivity contribution in [3.63, 3.8) is 0 Å². The monoisotopic (exact) mass is 449 g/mol. The molecule has 0 radical (unpaired) electrons. The maximum absolute atomic E-state index is 2.38. The van der Waals surface area contributed by atoms with Gasteiger partial charge in [-0.05, 0) is 89.8 Å². The van der Waals surface area contributed by atoms with Crippen LogP contribution < -0.4 is 0 Å². The van der Waals surface area contributed by atoms with Crippen molar-refractivity contribution in [3.05, 3.63) is 0 Å². The summed E-state index contributed by atoms with van der Waals surface area (Å²) >= 11 is 0. The van der Waals surface area contributed by atoms with E-state index in [2.05, 4.69) is 90.0 Å². The molecule has 4 saturated carbocycles. The van der Waals surface area contributed by atoms with Crippen molar-refractivity contribution in [2.75, 3.05) is 0 Å². The third kappa shape index (κ3) is 15.8. The van der Waals surface area contributed by atoms with E-state index in [1.807, 2.05) is 0 Å². The maximum atomic E-state index is 2.38. The van der Waals surface area contributed by atoms with Crippen molar-refractivity contribution in [2.24, 2.45) is 44.8 Å². The van der Waals surface area contributed by atoms with Gasteiger partial charge in [-0.2, -0.15) is 0 Å². The van der Waals surface area contributed by atoms with Gasteiger partial charge < -0.3 is 0 Å². The largest absolute Gasteiger partial charge is 0.0602 e. The van der Waals surface area contributed by atoms with Crippen molar-refractivity contribution in [3.8, 4) is 0 Å². The number of hydrogen-bond acceptors (Lipinski definition) is 0. The second-order valence-electron chi connectivity index (χ2n) is 16.7. The molecule has 0 unspecified atom stereocenters. The highest BCUT2D eigenvalue weighted by molar-refractivity contribution is 4.97. The third-order valence-electron chi connectivity index (χ3n) is 8.21. The second kappa shape index (κ2) is 11.2. The molecule has 0 aromatic heterocycles. The minimum atomic E-state index is 0.549. The number of hydrogen-bond donors (Lipinski definition) is 0. The first-order chi connectivity index (χ1) is 14.2. The van der Waals surface area contributed by atoms with Gasteiger partial charge in [0.1, 0.15) is 0 Å². The molecule has 192 valence electrons. The van der Waals surface area contributed by atoms with E-state index in [4.69, 9.17) is 0 Å². The van der Waals surface area contributed by atoms with Crippen LogP contribution in [0, 0.1) is 44.8 Å². The smallest absolute Gasteiger partial charge is 0.0277 e. The fraction of sp³-hybridized carbons (Fsp3) is 1.00. The van der Waals surface area contributed by atoms with Gasteiger partial charge in [-0.25, -0.2) is 0 Å². The first-order valence-electron chi connectivity index (χ1n) is 14.2. The van der Waals surface area contributed by atoms with Crippen LogP contribution in [0.4, 0.5) is 0 Å². The van der Waals surface area contributed by atoms with Crippen LogP contribution in [0.5, 0.6) is 0 Å². The van der Waals surface area contributed by atoms with Gasteiger partial charge in [0.25, 0.3) is 0 Å². The lowest BCUT2D eigenvalue weighted by molar-refractivity contribution is 0.237. The standard InChI is InChI=1S/C9H18.2C8H16.C7H14/c1-9(2,3)7-6-8-4-5-8;1-7(2,3)8(4)5-6-8;1-8(2,3)6-7-4-5-7;1-7(2,3)6-4-5-6/h8H,4-7H2,1-3H3;5-6H2,1-4H3;7H,4-6H2,1-3H3;6H,4-5H2,1-3H3. The van der Waals surface area contributed by atoms with Gasteiger partial charge >= 0.3 is 0 Å². The molecule has 0 aromatic carbocycles. The molecule has 0 heterocycles. The quantitative estimate of drug-likeness (QED) is 0.402. The molecule has 0 nitrogen and oxygen atoms in total. The van der Waals surface area contributed by atoms with Gasteiger partial charge in [0.05, 0.1) is 0 Å². The lowest BCUT2D eigenvalue weighted by atomic mass is 9.79. The Hall–Kier alpha value is 0. The van der Waals surface area contributed by atoms with Crippen LogP contribution in [0.1, 0.15) is 161 Å². The highest BCUT2D eigenvalue weighted by atomic mass is 14.5. The molecule has 4 aliphatic carbocycles. The lowest BCUT2D eigenvalue weighted by Crippen LogP contribution is -2.17. The van der Waals surface area contributed by atoms with Crippen LogP contribution >= 0.6 is 0 Å². The molecule has 0 bridgehead atoms. The van der Waals surface area contributed by atoms with Gasteiger partial charge in [-0.3, -0.25) is 0 Å². The molecule has 0 N–H and O–H groups in total. The summed E-state index contributed by atoms with van der Waals surface area (Å²) < 4.78 is 0. The lowest BCUT2D eigenvalue weighted by Gasteiger charge is -2.26. The van der Waals surface area contributed by atoms with E-state index in [1.54, 1.807) is 0 Å². The van der Waals surface area contributed by atoms with E-state index < -0.39 is 0 Å². The summed E-state index contributed by atoms with van der Waals surface area (Å²) in [6, 6.07) is 0. The molecular formula is C32H64. The van der Waals surface area contributed by atoms with Crippen LogP contribution in [0.25, 0.3) is 0 Å². The van der Waals surface area contributed by atoms with Gasteiger partial charge in [-0.15, -0.1) is 0 Å². The Morgan fingerprint density at radius 1 is 0.594 bits per heavy atom. The molecule has 0 saturated heterocycles. The van der Waals surface area contributed by atoms with E-state index in [9.17, 15) is 0 Å². The molecule has 0 amide bonds. The average molecular weight is 449 g/mol. The Balaban J connectivity index is 0.000000214. The summed E-state index contributed by atoms with van der Waals surface area (Å²) in [6.07, 6.45) is 16.2. The predicted molar refractivity (Wildman–Crippen MR) is 147 cm³/mol. The van der Waals surface area contributed by atoms with Crippen molar-refractivity contribution in [1.29, 1.82) is 0 Å². The van der Waals surface area contributed by atoms with Crippen LogP contribution in [-0.4, -0.2) is 0 Å². The first-order valence-corrected chi connectivity index (χ1v) is 14.2. The van der Waals surface area contributed by atoms with E-state index in [1.165, 1.54) is 70.6 Å². The molecule has 0 aliphatic heterocycles. The Morgan fingerprint density at radius 3 is 1.16 bits per heavy atom. The zero-order valence-corrected chi connectivity index (χ0v) is 25.0. The Labute approximate surface area is 205 Å². The third-order valence-corrected chi connectivity index (χ3v) is 8.21. The minimum absolute atomic E-state index is 0.549. The first kappa shape index (κ1) is 30.0. The Morgan fingerprint density at radius 2 is 1.03 bits per heavy atom. The van der Waals surface area contributed by atoms with E-state index in [0.717, 1.165) is 17.8 Å². The summed E-state index contributed by atoms with van der Waals surface area (Å²) in [5.74, 6) is 3.26. The van der Waals surface area contributed by atoms with Crippen molar-refractivity contribution in [1.82, 2.24) is 0 Å². The second-order valence-corrected chi connectivity index (χ2v) is 16.7. The van der Waals surface area contributed by atoms with Gasteiger partial charge in [0, 0.05) is 0 Å². The Kier molecular flexibility index (Phi) is 10.5. The summed E-state index contributed by atoms with van der Waals surface area (Å²) in [5, 5.41) is 0. The molecule has 32 heavy (non-hydrogen) atoms. The minimum Gasteiger partial charge on any atom is -0.0602 e. The fourth-order valence-corrected chi connectivity index (χ4v) is 4.12. The normalized spacial score (nSPS) is 22.4. The van der Waals surface area contributed by atoms with Crippen LogP contribution in [0.15, 0.2) is 0 Å². The molecular weight excluding hydrogens is 384 g/mol. The zero-order valence-electron chi connectivity index (χ0n) is 25.0. The Bertz CT molecular complexity index is 505. The average Bonchev–Trinajstić information content (AvgIpc) is 3.37. The van der Waals surface area contributed by atoms with Crippen LogP contribution in [-0.2, 0) is 0 Å². The van der Waals surface area contributed by atoms with E-state index >= 15 is 0 Å². The molecule has 4 aliphatic rings. The summed E-state index contributed by atoms with van der Waals surface area (Å²) in [5.41, 5.74) is 3.00. The van der Waals surface area contributed by atoms with E-state index in [-0.39, 0.29) is 0 Å². The fourth-order valence-electron chi connectivity index (χ4n) is 4.12. The molecule has 4 rings (SSSR count). The SMILES string of the molecule is CC(C)(C)C1(C)CC1.CC(C)(C)C1CC1.CC(C)(C)CC1CC1.CC(C)(C)CCC1CC1. The number of rotatable bonds is 3. The van der Waals surface area contributed by atoms with Crippen LogP contribution in [0.2, 0.25) is 0 Å². The van der Waals surface area contributed by atoms with E-state index in [0.29, 0.717) is 27.1 Å². The predicted octanol–water partition coefficient (Wildman–Crippen LogP) is 11.3. The van der Waals surface area contributed by atoms with Crippen molar-refractivity contribution >= 4 is 0 Å². The summed E-state index contributed by atoms with van der Waals surface area (Å²) in [4.78, 5) is 0. The molecule has 0 aromatic rings. The zero-order chi connectivity index (χ0) is 25.0. The molecule has 0 atom stereocenters. The molecule has 0 spiro atoms. The van der Waals surface area contributed by atoms with Gasteiger partial charge in [-0.1, -0.05) is 116 Å². The van der Waals surface area contributed by atoms with Gasteiger partial charge in [0.15, 0.2) is 0 Å². The topological polar surface area (TPSA) is 0 Å². The van der Waals surface area contributed by atoms with Gasteiger partial charge in [0.2, 0.25) is 0 Å². The molecule has 0 heteroatoms. The van der Waals surface area contributed by atoms with Crippen molar-refractivity contribution in [2.45, 2.75) is 161 Å². The molecule has 4 fully saturated rings. The highest BCUT2D eigenvalue weighted by Crippen LogP contribution is 2.57. The highest BCUT2D eigenvalue weighted by Gasteiger charge is 2.47. The summed E-state index contributed by atoms with van der Waals surface area (Å²) in [6.45, 7) is 30.3. The maximum Gasteiger partial charge on any atom is -0.0277 e. The summed E-state index contributed by atoms with van der Waals surface area (Å²) in [7, 11) is 0. The van der Waals surface area contributed by atoms with Crippen LogP contribution in [0.3, 0.4) is 0 Å². The van der Waals surface area contributed by atoms with Crippen molar-refractivity contribution < 1.29 is 0 Å².